The predicted octanol–water partition coefficient (Wildman–Crippen LogP) is 3.05. The van der Waals surface area contributed by atoms with Crippen LogP contribution in [0.4, 0.5) is 5.69 Å². The lowest BCUT2D eigenvalue weighted by Crippen LogP contribution is -2.10. The molecule has 0 fully saturated rings. The van der Waals surface area contributed by atoms with Crippen molar-refractivity contribution in [1.29, 1.82) is 0 Å². The van der Waals surface area contributed by atoms with Gasteiger partial charge in [-0.05, 0) is 35.3 Å². The number of nitro benzene ring substituents is 1. The molecule has 0 amide bonds. The van der Waals surface area contributed by atoms with Crippen LogP contribution >= 0.6 is 15.9 Å². The largest absolute Gasteiger partial charge is 0.323 e. The Balaban J connectivity index is 2.42. The number of hydrogen-bond acceptors (Lipinski definition) is 5. The van der Waals surface area contributed by atoms with Gasteiger partial charge in [0.1, 0.15) is 0 Å². The SMILES string of the molecule is CCCC(N)c1cn(-c2cc([N+](=O)[O-])c(C)cc2Br)nn1. The van der Waals surface area contributed by atoms with Crippen LogP contribution in [0.1, 0.15) is 37.1 Å². The van der Waals surface area contributed by atoms with E-state index in [2.05, 4.69) is 26.2 Å². The van der Waals surface area contributed by atoms with E-state index in [0.29, 0.717) is 21.4 Å². The van der Waals surface area contributed by atoms with Gasteiger partial charge in [-0.1, -0.05) is 18.6 Å². The van der Waals surface area contributed by atoms with Gasteiger partial charge in [-0.15, -0.1) is 5.10 Å². The number of hydrogen-bond donors (Lipinski definition) is 1. The first kappa shape index (κ1) is 15.6. The van der Waals surface area contributed by atoms with Crippen molar-refractivity contribution < 1.29 is 4.92 Å². The van der Waals surface area contributed by atoms with Crippen LogP contribution in [-0.2, 0) is 0 Å². The summed E-state index contributed by atoms with van der Waals surface area (Å²) in [6, 6.07) is 2.99. The Labute approximate surface area is 130 Å². The highest BCUT2D eigenvalue weighted by Crippen LogP contribution is 2.29. The van der Waals surface area contributed by atoms with Crippen molar-refractivity contribution in [2.24, 2.45) is 5.73 Å². The molecular formula is C13H16BrN5O2. The summed E-state index contributed by atoms with van der Waals surface area (Å²) in [6.45, 7) is 3.74. The molecule has 7 nitrogen and oxygen atoms in total. The maximum absolute atomic E-state index is 11.0. The average Bonchev–Trinajstić information content (AvgIpc) is 2.88. The number of nitrogens with zero attached hydrogens (tertiary/aromatic N) is 4. The first-order valence-electron chi connectivity index (χ1n) is 6.56. The second-order valence-corrected chi connectivity index (χ2v) is 5.68. The molecule has 1 heterocycles. The molecule has 1 atom stereocenters. The van der Waals surface area contributed by atoms with Gasteiger partial charge in [-0.3, -0.25) is 10.1 Å². The van der Waals surface area contributed by atoms with Crippen molar-refractivity contribution in [2.75, 3.05) is 0 Å². The van der Waals surface area contributed by atoms with Gasteiger partial charge in [0.2, 0.25) is 0 Å². The second kappa shape index (κ2) is 6.31. The van der Waals surface area contributed by atoms with Crippen molar-refractivity contribution in [3.63, 3.8) is 0 Å². The van der Waals surface area contributed by atoms with E-state index in [1.54, 1.807) is 19.2 Å². The summed E-state index contributed by atoms with van der Waals surface area (Å²) in [4.78, 5) is 10.6. The Morgan fingerprint density at radius 3 is 2.86 bits per heavy atom. The molecule has 0 aliphatic rings. The monoisotopic (exact) mass is 353 g/mol. The number of aromatic nitrogens is 3. The van der Waals surface area contributed by atoms with E-state index in [0.717, 1.165) is 12.8 Å². The van der Waals surface area contributed by atoms with E-state index in [4.69, 9.17) is 5.73 Å². The van der Waals surface area contributed by atoms with Crippen LogP contribution in [0.5, 0.6) is 0 Å². The fourth-order valence-electron chi connectivity index (χ4n) is 2.05. The van der Waals surface area contributed by atoms with Crippen molar-refractivity contribution >= 4 is 21.6 Å². The molecule has 0 saturated heterocycles. The van der Waals surface area contributed by atoms with Crippen LogP contribution in [0.25, 0.3) is 5.69 Å². The van der Waals surface area contributed by atoms with E-state index >= 15 is 0 Å². The quantitative estimate of drug-likeness (QED) is 0.657. The summed E-state index contributed by atoms with van der Waals surface area (Å²) in [6.07, 6.45) is 3.47. The fourth-order valence-corrected chi connectivity index (χ4v) is 2.69. The van der Waals surface area contributed by atoms with Crippen molar-refractivity contribution in [3.05, 3.63) is 44.2 Å². The Hall–Kier alpha value is -1.80. The molecule has 2 aromatic rings. The molecule has 0 aliphatic carbocycles. The Bertz CT molecular complexity index is 671. The minimum absolute atomic E-state index is 0.0445. The number of benzene rings is 1. The summed E-state index contributed by atoms with van der Waals surface area (Å²) in [7, 11) is 0. The third kappa shape index (κ3) is 3.27. The molecule has 0 saturated carbocycles. The molecule has 0 aliphatic heterocycles. The molecule has 0 bridgehead atoms. The lowest BCUT2D eigenvalue weighted by atomic mass is 10.1. The van der Waals surface area contributed by atoms with Crippen LogP contribution in [0.3, 0.4) is 0 Å². The third-order valence-electron chi connectivity index (χ3n) is 3.20. The highest BCUT2D eigenvalue weighted by molar-refractivity contribution is 9.10. The molecule has 1 aromatic heterocycles. The first-order valence-corrected chi connectivity index (χ1v) is 7.36. The summed E-state index contributed by atoms with van der Waals surface area (Å²) in [5.74, 6) is 0. The van der Waals surface area contributed by atoms with Crippen molar-refractivity contribution in [1.82, 2.24) is 15.0 Å². The molecular weight excluding hydrogens is 338 g/mol. The van der Waals surface area contributed by atoms with Gasteiger partial charge in [0.05, 0.1) is 28.5 Å². The zero-order valence-corrected chi connectivity index (χ0v) is 13.4. The zero-order valence-electron chi connectivity index (χ0n) is 11.8. The maximum Gasteiger partial charge on any atom is 0.274 e. The highest BCUT2D eigenvalue weighted by atomic mass is 79.9. The molecule has 0 spiro atoms. The van der Waals surface area contributed by atoms with Gasteiger partial charge in [0.15, 0.2) is 0 Å². The van der Waals surface area contributed by atoms with Gasteiger partial charge in [0, 0.05) is 16.1 Å². The van der Waals surface area contributed by atoms with Crippen molar-refractivity contribution in [3.8, 4) is 5.69 Å². The number of aryl methyl sites for hydroxylation is 1. The number of nitro groups is 1. The van der Waals surface area contributed by atoms with Crippen LogP contribution < -0.4 is 5.73 Å². The lowest BCUT2D eigenvalue weighted by molar-refractivity contribution is -0.385. The van der Waals surface area contributed by atoms with Crippen molar-refractivity contribution in [2.45, 2.75) is 32.7 Å². The lowest BCUT2D eigenvalue weighted by Gasteiger charge is -2.06. The summed E-state index contributed by atoms with van der Waals surface area (Å²) < 4.78 is 2.22. The molecule has 1 unspecified atom stereocenters. The van der Waals surface area contributed by atoms with E-state index in [1.165, 1.54) is 10.7 Å². The second-order valence-electron chi connectivity index (χ2n) is 4.83. The third-order valence-corrected chi connectivity index (χ3v) is 3.83. The molecule has 2 rings (SSSR count). The van der Waals surface area contributed by atoms with E-state index in [-0.39, 0.29) is 11.7 Å². The zero-order chi connectivity index (χ0) is 15.6. The summed E-state index contributed by atoms with van der Waals surface area (Å²) >= 11 is 3.40. The Morgan fingerprint density at radius 1 is 1.52 bits per heavy atom. The van der Waals surface area contributed by atoms with E-state index < -0.39 is 4.92 Å². The summed E-state index contributed by atoms with van der Waals surface area (Å²) in [5, 5.41) is 19.1. The summed E-state index contributed by atoms with van der Waals surface area (Å²) in [5.41, 5.74) is 7.87. The minimum Gasteiger partial charge on any atom is -0.323 e. The number of rotatable bonds is 5. The Morgan fingerprint density at radius 2 is 2.24 bits per heavy atom. The molecule has 8 heteroatoms. The standard InChI is InChI=1S/C13H16BrN5O2/c1-3-4-10(15)11-7-18(17-16-11)13-6-12(19(20)21)8(2)5-9(13)14/h5-7,10H,3-4,15H2,1-2H3. The highest BCUT2D eigenvalue weighted by Gasteiger charge is 2.17. The van der Waals surface area contributed by atoms with Crippen LogP contribution in [0.15, 0.2) is 22.8 Å². The topological polar surface area (TPSA) is 99.9 Å². The first-order chi connectivity index (χ1) is 9.93. The normalized spacial score (nSPS) is 12.4. The number of halogens is 1. The van der Waals surface area contributed by atoms with Gasteiger partial charge >= 0.3 is 0 Å². The molecule has 0 radical (unpaired) electrons. The van der Waals surface area contributed by atoms with E-state index in [9.17, 15) is 10.1 Å². The fraction of sp³-hybridized carbons (Fsp3) is 0.385. The van der Waals surface area contributed by atoms with E-state index in [1.807, 2.05) is 6.92 Å². The van der Waals surface area contributed by atoms with Gasteiger partial charge in [-0.25, -0.2) is 4.68 Å². The molecule has 21 heavy (non-hydrogen) atoms. The predicted molar refractivity (Wildman–Crippen MR) is 82.3 cm³/mol. The van der Waals surface area contributed by atoms with Gasteiger partial charge in [-0.2, -0.15) is 0 Å². The Kier molecular flexibility index (Phi) is 4.69. The smallest absolute Gasteiger partial charge is 0.274 e. The molecule has 1 aromatic carbocycles. The average molecular weight is 354 g/mol. The molecule has 112 valence electrons. The minimum atomic E-state index is -0.411. The van der Waals surface area contributed by atoms with Gasteiger partial charge in [0.25, 0.3) is 5.69 Å². The number of nitrogens with two attached hydrogens (primary N) is 1. The van der Waals surface area contributed by atoms with Crippen LogP contribution in [-0.4, -0.2) is 19.9 Å². The van der Waals surface area contributed by atoms with Crippen LogP contribution in [0, 0.1) is 17.0 Å². The van der Waals surface area contributed by atoms with Gasteiger partial charge < -0.3 is 5.73 Å². The molecule has 2 N–H and O–H groups in total. The van der Waals surface area contributed by atoms with Crippen LogP contribution in [0.2, 0.25) is 0 Å². The maximum atomic E-state index is 11.0.